The molecule has 0 saturated heterocycles. The number of hydrogen-bond donors (Lipinski definition) is 2. The lowest BCUT2D eigenvalue weighted by Crippen LogP contribution is -2.42. The first-order valence-corrected chi connectivity index (χ1v) is 10.3. The summed E-state index contributed by atoms with van der Waals surface area (Å²) in [6.07, 6.45) is -8.55. The van der Waals surface area contributed by atoms with Gasteiger partial charge in [0, 0.05) is 18.4 Å². The average molecular weight is 474 g/mol. The lowest BCUT2D eigenvalue weighted by molar-refractivity contribution is -0.174. The molecule has 178 valence electrons. The number of alkyl halides is 6. The Morgan fingerprint density at radius 3 is 2.36 bits per heavy atom. The third-order valence-electron chi connectivity index (χ3n) is 6.10. The minimum atomic E-state index is -5.03. The Morgan fingerprint density at radius 1 is 1.03 bits per heavy atom. The first-order valence-electron chi connectivity index (χ1n) is 10.3. The van der Waals surface area contributed by atoms with Crippen LogP contribution in [0.4, 0.5) is 32.2 Å². The number of carbonyl (C=O) groups is 2. The van der Waals surface area contributed by atoms with E-state index in [-0.39, 0.29) is 37.1 Å². The molecule has 2 N–H and O–H groups in total. The third kappa shape index (κ3) is 4.69. The van der Waals surface area contributed by atoms with E-state index < -0.39 is 48.1 Å². The predicted molar refractivity (Wildman–Crippen MR) is 104 cm³/mol. The molecule has 0 spiro atoms. The van der Waals surface area contributed by atoms with Gasteiger partial charge in [-0.05, 0) is 24.8 Å². The average Bonchev–Trinajstić information content (AvgIpc) is 3.39. The molecule has 6 nitrogen and oxygen atoms in total. The smallest absolute Gasteiger partial charge is 0.363 e. The summed E-state index contributed by atoms with van der Waals surface area (Å²) in [7, 11) is 0. The van der Waals surface area contributed by atoms with Gasteiger partial charge in [-0.15, -0.1) is 0 Å². The second-order valence-corrected chi connectivity index (χ2v) is 8.29. The molecule has 4 rings (SSSR count). The minimum absolute atomic E-state index is 0.0317. The number of halogens is 6. The van der Waals surface area contributed by atoms with E-state index in [4.69, 9.17) is 0 Å². The fourth-order valence-electron chi connectivity index (χ4n) is 4.48. The van der Waals surface area contributed by atoms with Gasteiger partial charge in [0.1, 0.15) is 5.82 Å². The van der Waals surface area contributed by atoms with Crippen molar-refractivity contribution in [3.63, 3.8) is 0 Å². The van der Waals surface area contributed by atoms with Gasteiger partial charge < -0.3 is 10.6 Å². The lowest BCUT2D eigenvalue weighted by atomic mass is 9.94. The van der Waals surface area contributed by atoms with Crippen molar-refractivity contribution in [1.82, 2.24) is 15.1 Å². The summed E-state index contributed by atoms with van der Waals surface area (Å²) in [5, 5.41) is 8.68. The van der Waals surface area contributed by atoms with Crippen LogP contribution in [0, 0.1) is 5.92 Å². The topological polar surface area (TPSA) is 76.0 Å². The van der Waals surface area contributed by atoms with E-state index in [9.17, 15) is 35.9 Å². The Labute approximate surface area is 184 Å². The third-order valence-corrected chi connectivity index (χ3v) is 6.10. The molecule has 1 aliphatic carbocycles. The zero-order chi connectivity index (χ0) is 24.0. The van der Waals surface area contributed by atoms with Crippen molar-refractivity contribution in [2.75, 3.05) is 5.32 Å². The van der Waals surface area contributed by atoms with Crippen molar-refractivity contribution in [1.29, 1.82) is 0 Å². The predicted octanol–water partition coefficient (Wildman–Crippen LogP) is 4.57. The van der Waals surface area contributed by atoms with E-state index in [0.717, 1.165) is 10.9 Å². The first-order chi connectivity index (χ1) is 15.4. The quantitative estimate of drug-likeness (QED) is 0.503. The molecular formula is C21H20F6N4O2. The molecule has 2 aromatic rings. The van der Waals surface area contributed by atoms with Crippen LogP contribution in [0.5, 0.6) is 0 Å². The Hall–Kier alpha value is -3.05. The van der Waals surface area contributed by atoms with Gasteiger partial charge in [-0.25, -0.2) is 4.68 Å². The van der Waals surface area contributed by atoms with Crippen LogP contribution >= 0.6 is 0 Å². The number of nitrogens with zero attached hydrogens (tertiary/aromatic N) is 2. The zero-order valence-corrected chi connectivity index (χ0v) is 17.1. The Morgan fingerprint density at radius 2 is 1.73 bits per heavy atom. The Kier molecular flexibility index (Phi) is 5.87. The molecular weight excluding hydrogens is 454 g/mol. The van der Waals surface area contributed by atoms with Gasteiger partial charge >= 0.3 is 18.3 Å². The number of amides is 1. The van der Waals surface area contributed by atoms with Crippen LogP contribution in [-0.2, 0) is 4.79 Å². The van der Waals surface area contributed by atoms with Crippen LogP contribution in [0.15, 0.2) is 36.5 Å². The van der Waals surface area contributed by atoms with Gasteiger partial charge in [0.25, 0.3) is 0 Å². The second-order valence-electron chi connectivity index (χ2n) is 8.29. The van der Waals surface area contributed by atoms with Gasteiger partial charge in [-0.1, -0.05) is 30.3 Å². The van der Waals surface area contributed by atoms with Crippen LogP contribution < -0.4 is 10.6 Å². The maximum atomic E-state index is 13.8. The molecule has 3 unspecified atom stereocenters. The minimum Gasteiger partial charge on any atom is -0.363 e. The molecule has 1 fully saturated rings. The highest BCUT2D eigenvalue weighted by Gasteiger charge is 2.48. The summed E-state index contributed by atoms with van der Waals surface area (Å²) in [5.74, 6) is -3.39. The number of ketones is 1. The van der Waals surface area contributed by atoms with Gasteiger partial charge in [0.2, 0.25) is 0 Å². The summed E-state index contributed by atoms with van der Waals surface area (Å²) < 4.78 is 79.6. The van der Waals surface area contributed by atoms with E-state index in [2.05, 4.69) is 10.4 Å². The number of carbonyl (C=O) groups excluding carboxylic acids is 2. The number of aromatic nitrogens is 2. The summed E-state index contributed by atoms with van der Waals surface area (Å²) in [6, 6.07) is 5.01. The number of Topliss-reactive ketones (excluding diaryl/α,β-unsaturated/α-hetero) is 1. The van der Waals surface area contributed by atoms with E-state index >= 15 is 0 Å². The largest absolute Gasteiger partial charge is 0.471 e. The zero-order valence-electron chi connectivity index (χ0n) is 17.1. The molecule has 1 aromatic heterocycles. The normalized spacial score (nSPS) is 25.3. The van der Waals surface area contributed by atoms with E-state index in [1.165, 1.54) is 0 Å². The molecule has 2 aliphatic rings. The molecule has 0 radical (unpaired) electrons. The molecule has 12 heteroatoms. The summed E-state index contributed by atoms with van der Waals surface area (Å²) in [4.78, 5) is 24.3. The highest BCUT2D eigenvalue weighted by atomic mass is 19.4. The summed E-state index contributed by atoms with van der Waals surface area (Å²) in [5.41, 5.74) is 0.575. The van der Waals surface area contributed by atoms with Crippen molar-refractivity contribution in [3.05, 3.63) is 47.7 Å². The molecule has 4 atom stereocenters. The highest BCUT2D eigenvalue weighted by Crippen LogP contribution is 2.45. The van der Waals surface area contributed by atoms with Gasteiger partial charge in [0.05, 0.1) is 17.8 Å². The van der Waals surface area contributed by atoms with Gasteiger partial charge in [0.15, 0.2) is 11.8 Å². The molecule has 33 heavy (non-hydrogen) atoms. The molecule has 0 bridgehead atoms. The first kappa shape index (κ1) is 23.1. The molecule has 1 saturated carbocycles. The van der Waals surface area contributed by atoms with Gasteiger partial charge in [-0.2, -0.15) is 31.4 Å². The van der Waals surface area contributed by atoms with Crippen molar-refractivity contribution in [2.45, 2.75) is 56.2 Å². The maximum Gasteiger partial charge on any atom is 0.471 e. The van der Waals surface area contributed by atoms with E-state index in [1.807, 2.05) is 5.32 Å². The number of benzene rings is 1. The van der Waals surface area contributed by atoms with Crippen molar-refractivity contribution in [2.24, 2.45) is 5.92 Å². The molecule has 2 heterocycles. The standard InChI is InChI=1S/C21H20F6N4O2/c22-20(23,24)16-9-15(11-4-2-1-3-5-11)30-18-14(10-28-31(16)18)17(32)12-6-7-13(8-12)29-19(33)21(25,26)27/h1-5,10,12-13,15-16,30H,6-9H2,(H,29,33)/t12?,13-,15?,16?/m0/s1. The number of nitrogens with one attached hydrogen (secondary N) is 2. The molecule has 1 aliphatic heterocycles. The lowest BCUT2D eigenvalue weighted by Gasteiger charge is -2.34. The fourth-order valence-corrected chi connectivity index (χ4v) is 4.48. The number of hydrogen-bond acceptors (Lipinski definition) is 4. The van der Waals surface area contributed by atoms with Crippen LogP contribution in [0.25, 0.3) is 0 Å². The van der Waals surface area contributed by atoms with Crippen molar-refractivity contribution < 1.29 is 35.9 Å². The van der Waals surface area contributed by atoms with Crippen LogP contribution in [0.2, 0.25) is 0 Å². The summed E-state index contributed by atoms with van der Waals surface area (Å²) in [6.45, 7) is 0. The maximum absolute atomic E-state index is 13.8. The van der Waals surface area contributed by atoms with Crippen LogP contribution in [-0.4, -0.2) is 39.9 Å². The van der Waals surface area contributed by atoms with Crippen LogP contribution in [0.3, 0.4) is 0 Å². The SMILES string of the molecule is O=C(c1cnn2c1NC(c1ccccc1)CC2C(F)(F)F)C1CC[C@H](NC(=O)C(F)(F)F)C1. The number of rotatable bonds is 4. The highest BCUT2D eigenvalue weighted by molar-refractivity contribution is 6.02. The molecule has 1 amide bonds. The van der Waals surface area contributed by atoms with E-state index in [0.29, 0.717) is 5.56 Å². The Bertz CT molecular complexity index is 1030. The van der Waals surface area contributed by atoms with Crippen molar-refractivity contribution in [3.8, 4) is 0 Å². The monoisotopic (exact) mass is 474 g/mol. The second kappa shape index (κ2) is 8.38. The van der Waals surface area contributed by atoms with Crippen LogP contribution in [0.1, 0.15) is 53.7 Å². The summed E-state index contributed by atoms with van der Waals surface area (Å²) >= 11 is 0. The number of anilines is 1. The van der Waals surface area contributed by atoms with E-state index in [1.54, 1.807) is 30.3 Å². The Balaban J connectivity index is 1.57. The van der Waals surface area contributed by atoms with Crippen molar-refractivity contribution >= 4 is 17.5 Å². The number of fused-ring (bicyclic) bond motifs is 1. The fraction of sp³-hybridized carbons (Fsp3) is 0.476. The van der Waals surface area contributed by atoms with Gasteiger partial charge in [-0.3, -0.25) is 9.59 Å². The molecule has 1 aromatic carbocycles.